The molecule has 2 N–H and O–H groups in total. The van der Waals surface area contributed by atoms with Crippen LogP contribution in [0.25, 0.3) is 33.7 Å². The molecule has 2 aliphatic heterocycles. The van der Waals surface area contributed by atoms with E-state index in [0.29, 0.717) is 82.5 Å². The first-order valence-electron chi connectivity index (χ1n) is 18.8. The maximum Gasteiger partial charge on any atom is 0.307 e. The zero-order valence-electron chi connectivity index (χ0n) is 30.2. The number of carboxylic acids is 1. The highest BCUT2D eigenvalue weighted by molar-refractivity contribution is 6.36. The second-order valence-electron chi connectivity index (χ2n) is 15.0. The quantitative estimate of drug-likeness (QED) is 0.151. The number of aliphatic carboxylic acids is 1. The molecule has 5 aromatic rings. The summed E-state index contributed by atoms with van der Waals surface area (Å²) in [6.07, 6.45) is 3.77. The number of β-amino-alcohol motifs (C(OH)–C–C–N with tert-alkyl or cyclic N) is 1. The lowest BCUT2D eigenvalue weighted by molar-refractivity contribution is -0.141. The van der Waals surface area contributed by atoms with Gasteiger partial charge in [-0.2, -0.15) is 10.2 Å². The third-order valence-electron chi connectivity index (χ3n) is 11.8. The maximum atomic E-state index is 11.7. The van der Waals surface area contributed by atoms with E-state index in [0.717, 1.165) is 77.6 Å². The van der Waals surface area contributed by atoms with E-state index in [-0.39, 0.29) is 24.2 Å². The van der Waals surface area contributed by atoms with Crippen LogP contribution in [0.3, 0.4) is 0 Å². The fourth-order valence-corrected chi connectivity index (χ4v) is 9.63. The van der Waals surface area contributed by atoms with Gasteiger partial charge < -0.3 is 24.1 Å². The number of ether oxygens (including phenoxy) is 2. The van der Waals surface area contributed by atoms with Crippen LogP contribution in [0.5, 0.6) is 11.8 Å². The summed E-state index contributed by atoms with van der Waals surface area (Å²) >= 11 is 14.0. The smallest absolute Gasteiger partial charge is 0.307 e. The monoisotopic (exact) mass is 779 g/mol. The molecule has 282 valence electrons. The van der Waals surface area contributed by atoms with Crippen LogP contribution in [0, 0.1) is 17.2 Å². The molecule has 2 aromatic heterocycles. The number of halogens is 2. The van der Waals surface area contributed by atoms with E-state index < -0.39 is 5.97 Å². The van der Waals surface area contributed by atoms with Crippen molar-refractivity contribution in [3.05, 3.63) is 92.0 Å². The first kappa shape index (κ1) is 36.0. The average Bonchev–Trinajstić information content (AvgIpc) is 4.03. The van der Waals surface area contributed by atoms with Crippen molar-refractivity contribution >= 4 is 40.3 Å². The topological polar surface area (TPSA) is 145 Å². The number of aliphatic hydroxyl groups is 1. The van der Waals surface area contributed by atoms with Gasteiger partial charge in [0, 0.05) is 43.3 Å². The second kappa shape index (κ2) is 14.4. The van der Waals surface area contributed by atoms with Gasteiger partial charge in [0.05, 0.1) is 29.7 Å². The van der Waals surface area contributed by atoms with Crippen molar-refractivity contribution in [2.24, 2.45) is 5.92 Å². The molecule has 4 atom stereocenters. The molecule has 2 saturated heterocycles. The minimum Gasteiger partial charge on any atom is -0.481 e. The Balaban J connectivity index is 1.000. The third-order valence-corrected chi connectivity index (χ3v) is 12.5. The van der Waals surface area contributed by atoms with Gasteiger partial charge in [0.25, 0.3) is 0 Å². The molecule has 0 amide bonds. The Labute approximate surface area is 328 Å². The number of aromatic nitrogens is 2. The Morgan fingerprint density at radius 2 is 1.76 bits per heavy atom. The zero-order valence-corrected chi connectivity index (χ0v) is 31.7. The Kier molecular flexibility index (Phi) is 9.43. The summed E-state index contributed by atoms with van der Waals surface area (Å²) in [7, 11) is 1.58. The summed E-state index contributed by atoms with van der Waals surface area (Å²) in [6.45, 7) is 3.18. The number of fused-ring (bicyclic) bond motifs is 3. The largest absolute Gasteiger partial charge is 0.481 e. The highest BCUT2D eigenvalue weighted by Gasteiger charge is 2.38. The molecule has 1 unspecified atom stereocenters. The van der Waals surface area contributed by atoms with Crippen LogP contribution in [-0.4, -0.2) is 75.3 Å². The van der Waals surface area contributed by atoms with Crippen LogP contribution in [0.1, 0.15) is 71.2 Å². The van der Waals surface area contributed by atoms with Gasteiger partial charge in [-0.05, 0) is 91.1 Å². The second-order valence-corrected chi connectivity index (χ2v) is 15.8. The van der Waals surface area contributed by atoms with Crippen LogP contribution in [0.4, 0.5) is 0 Å². The first-order valence-corrected chi connectivity index (χ1v) is 19.5. The van der Waals surface area contributed by atoms with Crippen LogP contribution in [0.2, 0.25) is 10.0 Å². The number of aliphatic hydroxyl groups excluding tert-OH is 1. The predicted molar refractivity (Wildman–Crippen MR) is 206 cm³/mol. The van der Waals surface area contributed by atoms with Gasteiger partial charge in [0.15, 0.2) is 5.58 Å². The van der Waals surface area contributed by atoms with Gasteiger partial charge in [-0.3, -0.25) is 14.6 Å². The summed E-state index contributed by atoms with van der Waals surface area (Å²) in [5, 5.41) is 30.8. The highest BCUT2D eigenvalue weighted by Crippen LogP contribution is 2.47. The van der Waals surface area contributed by atoms with E-state index in [2.05, 4.69) is 33.0 Å². The number of hydrogen-bond acceptors (Lipinski definition) is 10. The van der Waals surface area contributed by atoms with Crippen LogP contribution < -0.4 is 9.47 Å². The van der Waals surface area contributed by atoms with Crippen LogP contribution in [-0.2, 0) is 24.2 Å². The zero-order chi connectivity index (χ0) is 38.0. The molecule has 55 heavy (non-hydrogen) atoms. The lowest BCUT2D eigenvalue weighted by atomic mass is 9.95. The summed E-state index contributed by atoms with van der Waals surface area (Å²) in [5.41, 5.74) is 8.91. The number of carbonyl (C=O) groups is 1. The summed E-state index contributed by atoms with van der Waals surface area (Å²) in [6, 6.07) is 18.2. The number of benzene rings is 3. The number of carboxylic acid groups (broad SMARTS) is 1. The molecule has 9 rings (SSSR count). The maximum absolute atomic E-state index is 11.7. The fraction of sp³-hybridized carbons (Fsp3) is 0.381. The number of rotatable bonds is 9. The predicted octanol–water partition coefficient (Wildman–Crippen LogP) is 7.77. The van der Waals surface area contributed by atoms with Crippen molar-refractivity contribution in [2.75, 3.05) is 33.3 Å². The van der Waals surface area contributed by atoms with Crippen molar-refractivity contribution in [1.82, 2.24) is 19.8 Å². The van der Waals surface area contributed by atoms with Crippen molar-refractivity contribution in [2.45, 2.75) is 63.3 Å². The molecule has 2 fully saturated rings. The molecule has 0 radical (unpaired) electrons. The van der Waals surface area contributed by atoms with Gasteiger partial charge >= 0.3 is 5.97 Å². The van der Waals surface area contributed by atoms with Crippen molar-refractivity contribution in [3.8, 4) is 40.4 Å². The Hall–Kier alpha value is -4.70. The van der Waals surface area contributed by atoms with Gasteiger partial charge in [-0.15, -0.1) is 0 Å². The highest BCUT2D eigenvalue weighted by atomic mass is 35.5. The van der Waals surface area contributed by atoms with Gasteiger partial charge in [-0.1, -0.05) is 53.5 Å². The minimum absolute atomic E-state index is 0.0414. The Morgan fingerprint density at radius 1 is 0.964 bits per heavy atom. The molecule has 0 spiro atoms. The van der Waals surface area contributed by atoms with E-state index in [1.54, 1.807) is 7.11 Å². The van der Waals surface area contributed by atoms with Crippen molar-refractivity contribution < 1.29 is 28.9 Å². The Bertz CT molecular complexity index is 2390. The molecule has 2 aliphatic carbocycles. The molecular formula is C42H39Cl2N5O6. The summed E-state index contributed by atoms with van der Waals surface area (Å²) < 4.78 is 18.5. The van der Waals surface area contributed by atoms with Crippen LogP contribution in [0.15, 0.2) is 52.9 Å². The van der Waals surface area contributed by atoms with Gasteiger partial charge in [0.2, 0.25) is 17.7 Å². The Morgan fingerprint density at radius 3 is 2.53 bits per heavy atom. The number of oxazole rings is 1. The van der Waals surface area contributed by atoms with Crippen molar-refractivity contribution in [3.63, 3.8) is 0 Å². The molecular weight excluding hydrogens is 741 g/mol. The number of pyridine rings is 1. The molecule has 3 aromatic carbocycles. The van der Waals surface area contributed by atoms with E-state index in [1.165, 1.54) is 0 Å². The third kappa shape index (κ3) is 6.40. The molecule has 13 heteroatoms. The summed E-state index contributed by atoms with van der Waals surface area (Å²) in [4.78, 5) is 25.6. The van der Waals surface area contributed by atoms with E-state index in [9.17, 15) is 20.3 Å². The standard InChI is InChI=1S/C42H39Cl2N5O6/c1-53-39-23(19-48-14-13-24(50)21-48)16-33(43)41(47-39)54-36-11-9-26-25(4-2-5-28(26)36)29-6-3-7-30(37(29)44)40-46-34-17-31-27(32(18-45)38(34)55-40)8-10-35(31)49-15-12-22(20-49)42(51)52/h2-7,16-17,22,24,35-36,50H,8-15,19-21H2,1H3,(H,51,52)/t22-,24-,35?,36+/m1/s1. The summed E-state index contributed by atoms with van der Waals surface area (Å²) in [5.74, 6) is -0.0499. The minimum atomic E-state index is -0.761. The number of likely N-dealkylation sites (tertiary alicyclic amines) is 2. The van der Waals surface area contributed by atoms with Gasteiger partial charge in [-0.25, -0.2) is 4.98 Å². The molecule has 4 aliphatic rings. The first-order chi connectivity index (χ1) is 26.7. The molecule has 4 heterocycles. The lowest BCUT2D eigenvalue weighted by Gasteiger charge is -2.24. The molecule has 0 bridgehead atoms. The number of nitriles is 1. The van der Waals surface area contributed by atoms with E-state index >= 15 is 0 Å². The average molecular weight is 781 g/mol. The number of methoxy groups -OCH3 is 1. The fourth-order valence-electron chi connectivity index (χ4n) is 9.11. The number of hydrogen-bond donors (Lipinski definition) is 2. The lowest BCUT2D eigenvalue weighted by Crippen LogP contribution is -2.26. The van der Waals surface area contributed by atoms with E-state index in [1.807, 2.05) is 36.4 Å². The van der Waals surface area contributed by atoms with Crippen LogP contribution >= 0.6 is 23.2 Å². The molecule has 11 nitrogen and oxygen atoms in total. The number of nitrogens with zero attached hydrogens (tertiary/aromatic N) is 5. The normalized spacial score (nSPS) is 22.2. The SMILES string of the molecule is COc1nc(O[C@H]2CCc3c(-c4cccc(-c5nc6cc7c(c(C#N)c6o5)CCC7N5CC[C@@H](C(=O)O)C5)c4Cl)cccc32)c(Cl)cc1CN1CC[C@@H](O)C1. The van der Waals surface area contributed by atoms with E-state index in [4.69, 9.17) is 42.1 Å². The molecule has 0 saturated carbocycles. The van der Waals surface area contributed by atoms with Crippen molar-refractivity contribution in [1.29, 1.82) is 5.26 Å². The van der Waals surface area contributed by atoms with Gasteiger partial charge in [0.1, 0.15) is 28.3 Å².